The molecule has 122 valence electrons. The van der Waals surface area contributed by atoms with Crippen LogP contribution in [0.5, 0.6) is 0 Å². The predicted octanol–water partition coefficient (Wildman–Crippen LogP) is 3.20. The van der Waals surface area contributed by atoms with Crippen LogP contribution in [0.1, 0.15) is 41.7 Å². The third-order valence-corrected chi connectivity index (χ3v) is 4.22. The lowest BCUT2D eigenvalue weighted by Gasteiger charge is -2.13. The van der Waals surface area contributed by atoms with Gasteiger partial charge in [0.1, 0.15) is 0 Å². The lowest BCUT2D eigenvalue weighted by molar-refractivity contribution is 0.102. The topological polar surface area (TPSA) is 90.7 Å². The van der Waals surface area contributed by atoms with Gasteiger partial charge < -0.3 is 10.6 Å². The number of hydrogen-bond donors (Lipinski definition) is 2. The van der Waals surface area contributed by atoms with Crippen LogP contribution >= 0.6 is 0 Å². The molecule has 1 aromatic carbocycles. The van der Waals surface area contributed by atoms with E-state index >= 15 is 0 Å². The number of carbonyl (C=O) groups is 1. The van der Waals surface area contributed by atoms with Crippen LogP contribution in [0.25, 0.3) is 0 Å². The summed E-state index contributed by atoms with van der Waals surface area (Å²) >= 11 is 0. The number of rotatable bonds is 5. The zero-order chi connectivity index (χ0) is 16.8. The normalized spacial score (nSPS) is 14.1. The summed E-state index contributed by atoms with van der Waals surface area (Å²) in [6.07, 6.45) is 8.09. The van der Waals surface area contributed by atoms with Crippen molar-refractivity contribution in [1.82, 2.24) is 9.97 Å². The molecule has 0 atom stereocenters. The average molecular weight is 321 g/mol. The van der Waals surface area contributed by atoms with Gasteiger partial charge in [0.25, 0.3) is 5.91 Å². The first-order valence-corrected chi connectivity index (χ1v) is 8.12. The van der Waals surface area contributed by atoms with Crippen molar-refractivity contribution in [2.75, 3.05) is 17.2 Å². The quantitative estimate of drug-likeness (QED) is 0.882. The maximum absolute atomic E-state index is 12.5. The molecule has 0 saturated heterocycles. The lowest BCUT2D eigenvalue weighted by Crippen LogP contribution is -2.19. The van der Waals surface area contributed by atoms with Crippen molar-refractivity contribution in [3.63, 3.8) is 0 Å². The Morgan fingerprint density at radius 1 is 1.17 bits per heavy atom. The molecular formula is C18H19N5O. The number of benzene rings is 1. The Labute approximate surface area is 140 Å². The number of hydrogen-bond acceptors (Lipinski definition) is 5. The molecule has 0 unspecified atom stereocenters. The average Bonchev–Trinajstić information content (AvgIpc) is 3.14. The molecule has 1 amide bonds. The molecule has 0 spiro atoms. The molecule has 24 heavy (non-hydrogen) atoms. The fourth-order valence-electron chi connectivity index (χ4n) is 2.91. The van der Waals surface area contributed by atoms with Crippen LogP contribution in [0.3, 0.4) is 0 Å². The molecule has 6 heteroatoms. The highest BCUT2D eigenvalue weighted by Gasteiger charge is 2.18. The Balaban J connectivity index is 1.68. The minimum absolute atomic E-state index is 0.278. The molecule has 1 aliphatic rings. The van der Waals surface area contributed by atoms with E-state index in [1.54, 1.807) is 30.5 Å². The van der Waals surface area contributed by atoms with Gasteiger partial charge in [-0.1, -0.05) is 12.8 Å². The SMILES string of the molecule is N#Cc1ccc(NC(=O)c2nccnc2NCC2CCCC2)cc1. The van der Waals surface area contributed by atoms with Crippen LogP contribution < -0.4 is 10.6 Å². The highest BCUT2D eigenvalue weighted by molar-refractivity contribution is 6.05. The molecule has 2 aromatic rings. The van der Waals surface area contributed by atoms with Gasteiger partial charge in [0.2, 0.25) is 0 Å². The van der Waals surface area contributed by atoms with Crippen molar-refractivity contribution in [1.29, 1.82) is 5.26 Å². The van der Waals surface area contributed by atoms with Crippen LogP contribution in [0.4, 0.5) is 11.5 Å². The van der Waals surface area contributed by atoms with Gasteiger partial charge in [0.05, 0.1) is 11.6 Å². The van der Waals surface area contributed by atoms with Crippen LogP contribution in [0.2, 0.25) is 0 Å². The van der Waals surface area contributed by atoms with Crippen molar-refractivity contribution in [2.45, 2.75) is 25.7 Å². The lowest BCUT2D eigenvalue weighted by atomic mass is 10.1. The number of aromatic nitrogens is 2. The van der Waals surface area contributed by atoms with Crippen LogP contribution in [-0.4, -0.2) is 22.4 Å². The zero-order valence-corrected chi connectivity index (χ0v) is 13.3. The first-order chi connectivity index (χ1) is 11.8. The molecule has 1 saturated carbocycles. The summed E-state index contributed by atoms with van der Waals surface area (Å²) in [5, 5.41) is 14.9. The molecule has 0 aliphatic heterocycles. The van der Waals surface area contributed by atoms with Crippen LogP contribution in [0.15, 0.2) is 36.7 Å². The van der Waals surface area contributed by atoms with Crippen molar-refractivity contribution < 1.29 is 4.79 Å². The Morgan fingerprint density at radius 2 is 1.88 bits per heavy atom. The molecule has 0 radical (unpaired) electrons. The monoisotopic (exact) mass is 321 g/mol. The summed E-state index contributed by atoms with van der Waals surface area (Å²) in [4.78, 5) is 20.9. The number of anilines is 2. The van der Waals surface area contributed by atoms with E-state index < -0.39 is 0 Å². The van der Waals surface area contributed by atoms with Crippen molar-refractivity contribution >= 4 is 17.4 Å². The Hall–Kier alpha value is -2.94. The number of carbonyl (C=O) groups excluding carboxylic acids is 1. The summed E-state index contributed by atoms with van der Waals surface area (Å²) in [5.74, 6) is 0.832. The molecule has 6 nitrogen and oxygen atoms in total. The Bertz CT molecular complexity index is 745. The van der Waals surface area contributed by atoms with Gasteiger partial charge in [-0.15, -0.1) is 0 Å². The standard InChI is InChI=1S/C18H19N5O/c19-11-13-5-7-15(8-6-13)23-18(24)16-17(21-10-9-20-16)22-12-14-3-1-2-4-14/h5-10,14H,1-4,12H2,(H,21,22)(H,23,24). The van der Waals surface area contributed by atoms with Gasteiger partial charge in [-0.3, -0.25) is 4.79 Å². The molecule has 3 rings (SSSR count). The highest BCUT2D eigenvalue weighted by Crippen LogP contribution is 2.25. The van der Waals surface area contributed by atoms with Crippen molar-refractivity contribution in [2.24, 2.45) is 5.92 Å². The van der Waals surface area contributed by atoms with Gasteiger partial charge >= 0.3 is 0 Å². The van der Waals surface area contributed by atoms with Gasteiger partial charge in [0, 0.05) is 24.6 Å². The summed E-state index contributed by atoms with van der Waals surface area (Å²) in [6.45, 7) is 0.815. The number of nitrogens with zero attached hydrogens (tertiary/aromatic N) is 3. The summed E-state index contributed by atoms with van der Waals surface area (Å²) < 4.78 is 0. The number of amides is 1. The second-order valence-corrected chi connectivity index (χ2v) is 5.93. The highest BCUT2D eigenvalue weighted by atomic mass is 16.1. The van der Waals surface area contributed by atoms with E-state index in [2.05, 4.69) is 20.6 Å². The Kier molecular flexibility index (Phi) is 5.02. The fraction of sp³-hybridized carbons (Fsp3) is 0.333. The first-order valence-electron chi connectivity index (χ1n) is 8.12. The zero-order valence-electron chi connectivity index (χ0n) is 13.3. The van der Waals surface area contributed by atoms with Gasteiger partial charge in [-0.25, -0.2) is 9.97 Å². The third kappa shape index (κ3) is 3.87. The summed E-state index contributed by atoms with van der Waals surface area (Å²) in [5.41, 5.74) is 1.44. The molecule has 1 heterocycles. The molecule has 1 aliphatic carbocycles. The van der Waals surface area contributed by atoms with Gasteiger partial charge in [0.15, 0.2) is 11.5 Å². The van der Waals surface area contributed by atoms with E-state index in [-0.39, 0.29) is 11.6 Å². The molecule has 0 bridgehead atoms. The maximum Gasteiger partial charge on any atom is 0.278 e. The van der Waals surface area contributed by atoms with Gasteiger partial charge in [-0.05, 0) is 43.0 Å². The van der Waals surface area contributed by atoms with E-state index in [9.17, 15) is 4.79 Å². The van der Waals surface area contributed by atoms with E-state index in [1.165, 1.54) is 31.9 Å². The molecule has 1 fully saturated rings. The smallest absolute Gasteiger partial charge is 0.278 e. The second kappa shape index (κ2) is 7.55. The largest absolute Gasteiger partial charge is 0.368 e. The van der Waals surface area contributed by atoms with E-state index in [0.29, 0.717) is 23.0 Å². The van der Waals surface area contributed by atoms with E-state index in [0.717, 1.165) is 6.54 Å². The van der Waals surface area contributed by atoms with E-state index in [1.807, 2.05) is 6.07 Å². The molecular weight excluding hydrogens is 302 g/mol. The van der Waals surface area contributed by atoms with Gasteiger partial charge in [-0.2, -0.15) is 5.26 Å². The van der Waals surface area contributed by atoms with E-state index in [4.69, 9.17) is 5.26 Å². The number of nitrogens with one attached hydrogen (secondary N) is 2. The van der Waals surface area contributed by atoms with Crippen LogP contribution in [-0.2, 0) is 0 Å². The van der Waals surface area contributed by atoms with Crippen molar-refractivity contribution in [3.05, 3.63) is 47.9 Å². The third-order valence-electron chi connectivity index (χ3n) is 4.22. The second-order valence-electron chi connectivity index (χ2n) is 5.93. The summed E-state index contributed by atoms with van der Waals surface area (Å²) in [6, 6.07) is 8.75. The molecule has 2 N–H and O–H groups in total. The minimum Gasteiger partial charge on any atom is -0.368 e. The van der Waals surface area contributed by atoms with Crippen molar-refractivity contribution in [3.8, 4) is 6.07 Å². The Morgan fingerprint density at radius 3 is 2.58 bits per heavy atom. The predicted molar refractivity (Wildman–Crippen MR) is 91.6 cm³/mol. The van der Waals surface area contributed by atoms with Crippen LogP contribution in [0, 0.1) is 17.2 Å². The minimum atomic E-state index is -0.318. The maximum atomic E-state index is 12.5. The molecule has 1 aromatic heterocycles. The fourth-order valence-corrected chi connectivity index (χ4v) is 2.91. The summed E-state index contributed by atoms with van der Waals surface area (Å²) in [7, 11) is 0. The number of nitriles is 1. The first kappa shape index (κ1) is 15.9.